The van der Waals surface area contributed by atoms with Gasteiger partial charge >= 0.3 is 0 Å². The van der Waals surface area contributed by atoms with Gasteiger partial charge in [-0.15, -0.1) is 0 Å². The Bertz CT molecular complexity index is 755. The van der Waals surface area contributed by atoms with Gasteiger partial charge in [-0.2, -0.15) is 0 Å². The fourth-order valence-electron chi connectivity index (χ4n) is 2.44. The van der Waals surface area contributed by atoms with Crippen LogP contribution in [-0.2, 0) is 16.4 Å². The van der Waals surface area contributed by atoms with Crippen LogP contribution in [0, 0.1) is 0 Å². The highest BCUT2D eigenvalue weighted by molar-refractivity contribution is 7.92. The number of fused-ring (bicyclic) bond motifs is 1. The van der Waals surface area contributed by atoms with E-state index < -0.39 is 10.0 Å². The van der Waals surface area contributed by atoms with Gasteiger partial charge in [0, 0.05) is 12.2 Å². The number of aryl methyl sites for hydroxylation is 1. The lowest BCUT2D eigenvalue weighted by molar-refractivity contribution is 0.475. The molecule has 2 aromatic carbocycles. The Labute approximate surface area is 123 Å². The fourth-order valence-corrected chi connectivity index (χ4v) is 3.73. The largest absolute Gasteiger partial charge is 0.508 e. The Balaban J connectivity index is 1.97. The fraction of sp³-hybridized carbons (Fsp3) is 0.200. The highest BCUT2D eigenvalue weighted by atomic mass is 32.2. The first-order valence-corrected chi connectivity index (χ1v) is 8.22. The average Bonchev–Trinajstić information content (AvgIpc) is 2.49. The van der Waals surface area contributed by atoms with Crippen LogP contribution in [0.3, 0.4) is 0 Å². The zero-order chi connectivity index (χ0) is 14.9. The lowest BCUT2D eigenvalue weighted by Crippen LogP contribution is -2.19. The maximum atomic E-state index is 12.5. The third-order valence-electron chi connectivity index (χ3n) is 3.45. The van der Waals surface area contributed by atoms with Crippen LogP contribution in [-0.4, -0.2) is 20.1 Å². The molecule has 110 valence electrons. The maximum Gasteiger partial charge on any atom is 0.263 e. The molecule has 0 saturated heterocycles. The molecule has 3 N–H and O–H groups in total. The van der Waals surface area contributed by atoms with E-state index in [1.807, 2.05) is 6.07 Å². The van der Waals surface area contributed by atoms with Crippen molar-refractivity contribution >= 4 is 21.4 Å². The van der Waals surface area contributed by atoms with Gasteiger partial charge < -0.3 is 10.4 Å². The Kier molecular flexibility index (Phi) is 3.47. The molecule has 0 aromatic heterocycles. The molecule has 0 amide bonds. The summed E-state index contributed by atoms with van der Waals surface area (Å²) in [4.78, 5) is 0.257. The van der Waals surface area contributed by atoms with E-state index in [2.05, 4.69) is 10.0 Å². The Hall–Kier alpha value is -2.21. The smallest absolute Gasteiger partial charge is 0.263 e. The minimum Gasteiger partial charge on any atom is -0.508 e. The number of aromatic hydroxyl groups is 1. The standard InChI is InChI=1S/C15H16N2O3S/c18-13-8-6-12(7-9-13)17-21(19,20)14-5-1-3-11-4-2-10-16-15(11)14/h1,3,5-9,16-18H,2,4,10H2. The molecule has 1 heterocycles. The second kappa shape index (κ2) is 5.29. The molecule has 1 aliphatic heterocycles. The molecule has 0 radical (unpaired) electrons. The average molecular weight is 304 g/mol. The molecule has 3 rings (SSSR count). The molecular weight excluding hydrogens is 288 g/mol. The molecule has 0 aliphatic carbocycles. The van der Waals surface area contributed by atoms with Crippen molar-refractivity contribution in [2.45, 2.75) is 17.7 Å². The van der Waals surface area contributed by atoms with E-state index in [1.54, 1.807) is 12.1 Å². The highest BCUT2D eigenvalue weighted by Gasteiger charge is 2.22. The van der Waals surface area contributed by atoms with Crippen molar-refractivity contribution in [1.82, 2.24) is 0 Å². The molecule has 0 unspecified atom stereocenters. The number of hydrogen-bond acceptors (Lipinski definition) is 4. The normalized spacial score (nSPS) is 14.1. The predicted octanol–water partition coefficient (Wildman–Crippen LogP) is 2.55. The number of sulfonamides is 1. The lowest BCUT2D eigenvalue weighted by atomic mass is 10.0. The Morgan fingerprint density at radius 3 is 2.62 bits per heavy atom. The summed E-state index contributed by atoms with van der Waals surface area (Å²) in [7, 11) is -3.66. The monoisotopic (exact) mass is 304 g/mol. The van der Waals surface area contributed by atoms with Crippen molar-refractivity contribution in [3.05, 3.63) is 48.0 Å². The summed E-state index contributed by atoms with van der Waals surface area (Å²) in [6.07, 6.45) is 1.88. The van der Waals surface area contributed by atoms with Crippen LogP contribution in [0.1, 0.15) is 12.0 Å². The number of phenolic OH excluding ortho intramolecular Hbond substituents is 1. The summed E-state index contributed by atoms with van der Waals surface area (Å²) in [5.41, 5.74) is 2.13. The van der Waals surface area contributed by atoms with Gasteiger partial charge in [0.2, 0.25) is 0 Å². The van der Waals surface area contributed by atoms with Crippen molar-refractivity contribution in [2.75, 3.05) is 16.6 Å². The van der Waals surface area contributed by atoms with E-state index >= 15 is 0 Å². The Morgan fingerprint density at radius 1 is 1.10 bits per heavy atom. The van der Waals surface area contributed by atoms with Crippen molar-refractivity contribution < 1.29 is 13.5 Å². The quantitative estimate of drug-likeness (QED) is 0.762. The third kappa shape index (κ3) is 2.80. The topological polar surface area (TPSA) is 78.4 Å². The van der Waals surface area contributed by atoms with Crippen LogP contribution in [0.2, 0.25) is 0 Å². The number of phenols is 1. The molecule has 21 heavy (non-hydrogen) atoms. The number of para-hydroxylation sites is 1. The maximum absolute atomic E-state index is 12.5. The van der Waals surface area contributed by atoms with Crippen LogP contribution in [0.15, 0.2) is 47.4 Å². The number of anilines is 2. The predicted molar refractivity (Wildman–Crippen MR) is 82.2 cm³/mol. The van der Waals surface area contributed by atoms with E-state index in [4.69, 9.17) is 0 Å². The molecule has 1 aliphatic rings. The first-order chi connectivity index (χ1) is 10.1. The molecular formula is C15H16N2O3S. The molecule has 0 spiro atoms. The van der Waals surface area contributed by atoms with Gasteiger partial charge in [0.15, 0.2) is 0 Å². The van der Waals surface area contributed by atoms with Gasteiger partial charge in [0.1, 0.15) is 10.6 Å². The summed E-state index contributed by atoms with van der Waals surface area (Å²) in [5, 5.41) is 12.4. The molecule has 0 fully saturated rings. The second-order valence-electron chi connectivity index (χ2n) is 4.97. The van der Waals surface area contributed by atoms with Crippen LogP contribution in [0.25, 0.3) is 0 Å². The molecule has 6 heteroatoms. The highest BCUT2D eigenvalue weighted by Crippen LogP contribution is 2.30. The number of rotatable bonds is 3. The number of benzene rings is 2. The minimum atomic E-state index is -3.66. The van der Waals surface area contributed by atoms with Crippen LogP contribution >= 0.6 is 0 Å². The summed E-state index contributed by atoms with van der Waals surface area (Å²) >= 11 is 0. The number of hydrogen-bond donors (Lipinski definition) is 3. The van der Waals surface area contributed by atoms with Crippen molar-refractivity contribution in [2.24, 2.45) is 0 Å². The summed E-state index contributed by atoms with van der Waals surface area (Å²) < 4.78 is 27.6. The van der Waals surface area contributed by atoms with Crippen molar-refractivity contribution in [1.29, 1.82) is 0 Å². The third-order valence-corrected chi connectivity index (χ3v) is 4.87. The minimum absolute atomic E-state index is 0.0942. The molecule has 0 bridgehead atoms. The zero-order valence-corrected chi connectivity index (χ0v) is 12.2. The molecule has 2 aromatic rings. The molecule has 0 atom stereocenters. The zero-order valence-electron chi connectivity index (χ0n) is 11.3. The lowest BCUT2D eigenvalue weighted by Gasteiger charge is -2.21. The summed E-state index contributed by atoms with van der Waals surface area (Å²) in [6, 6.07) is 11.2. The first kappa shape index (κ1) is 13.8. The van der Waals surface area contributed by atoms with Crippen molar-refractivity contribution in [3.63, 3.8) is 0 Å². The van der Waals surface area contributed by atoms with Gasteiger partial charge in [-0.1, -0.05) is 12.1 Å². The van der Waals surface area contributed by atoms with E-state index in [9.17, 15) is 13.5 Å². The summed E-state index contributed by atoms with van der Waals surface area (Å²) in [5.74, 6) is 0.0942. The van der Waals surface area contributed by atoms with E-state index in [1.165, 1.54) is 24.3 Å². The van der Waals surface area contributed by atoms with Crippen LogP contribution in [0.5, 0.6) is 5.75 Å². The first-order valence-electron chi connectivity index (χ1n) is 6.74. The Morgan fingerprint density at radius 2 is 1.86 bits per heavy atom. The van der Waals surface area contributed by atoms with Crippen LogP contribution in [0.4, 0.5) is 11.4 Å². The van der Waals surface area contributed by atoms with E-state index in [0.29, 0.717) is 11.4 Å². The number of nitrogens with one attached hydrogen (secondary N) is 2. The SMILES string of the molecule is O=S(=O)(Nc1ccc(O)cc1)c1cccc2c1NCCC2. The molecule has 5 nitrogen and oxygen atoms in total. The van der Waals surface area contributed by atoms with Gasteiger partial charge in [0.25, 0.3) is 10.0 Å². The summed E-state index contributed by atoms with van der Waals surface area (Å²) in [6.45, 7) is 0.777. The van der Waals surface area contributed by atoms with Gasteiger partial charge in [-0.05, 0) is 48.7 Å². The van der Waals surface area contributed by atoms with E-state index in [0.717, 1.165) is 24.9 Å². The molecule has 0 saturated carbocycles. The second-order valence-corrected chi connectivity index (χ2v) is 6.62. The van der Waals surface area contributed by atoms with Crippen molar-refractivity contribution in [3.8, 4) is 5.75 Å². The van der Waals surface area contributed by atoms with Gasteiger partial charge in [-0.25, -0.2) is 8.42 Å². The van der Waals surface area contributed by atoms with E-state index in [-0.39, 0.29) is 10.6 Å². The van der Waals surface area contributed by atoms with Gasteiger partial charge in [-0.3, -0.25) is 4.72 Å². The van der Waals surface area contributed by atoms with Gasteiger partial charge in [0.05, 0.1) is 5.69 Å². The van der Waals surface area contributed by atoms with Crippen LogP contribution < -0.4 is 10.0 Å².